The molecule has 0 N–H and O–H groups in total. The van der Waals surface area contributed by atoms with Gasteiger partial charge in [0.15, 0.2) is 0 Å². The van der Waals surface area contributed by atoms with Crippen LogP contribution in [-0.2, 0) is 24.7 Å². The van der Waals surface area contributed by atoms with Crippen LogP contribution in [0, 0.1) is 10.8 Å². The van der Waals surface area contributed by atoms with Crippen molar-refractivity contribution in [1.82, 2.24) is 0 Å². The van der Waals surface area contributed by atoms with E-state index >= 15 is 0 Å². The molecular formula is C21H31ClZr. The summed E-state index contributed by atoms with van der Waals surface area (Å²) in [7, 11) is 0. The minimum absolute atomic E-state index is 0. The van der Waals surface area contributed by atoms with E-state index in [-0.39, 0.29) is 23.2 Å². The second kappa shape index (κ2) is 6.45. The molecule has 0 bridgehead atoms. The molecule has 0 saturated heterocycles. The Morgan fingerprint density at radius 1 is 0.609 bits per heavy atom. The smallest absolute Gasteiger partial charge is 1.00 e. The Kier molecular flexibility index (Phi) is 5.94. The van der Waals surface area contributed by atoms with Crippen LogP contribution in [0.5, 0.6) is 0 Å². The standard InChI is InChI=1S/C21H31.ClH.Zr/c1-12-14(3)18(20(7,8)16(12)5)11-19-15(4)13(2)17(6)21(19,9)10;;/h11H,1-10H3;1H;/q;;+1/p-1. The molecule has 0 amide bonds. The Bertz CT molecular complexity index is 608. The monoisotopic (exact) mass is 408 g/mol. The molecule has 0 aromatic carbocycles. The second-order valence-corrected chi connectivity index (χ2v) is 9.68. The summed E-state index contributed by atoms with van der Waals surface area (Å²) in [5, 5.41) is 0. The zero-order valence-corrected chi connectivity index (χ0v) is 19.7. The normalized spacial score (nSPS) is 23.4. The molecule has 0 nitrogen and oxygen atoms in total. The van der Waals surface area contributed by atoms with Crippen LogP contribution in [-0.4, -0.2) is 0 Å². The Hall–Kier alpha value is 0.133. The molecule has 2 aliphatic carbocycles. The summed E-state index contributed by atoms with van der Waals surface area (Å²) >= 11 is 1.63. The van der Waals surface area contributed by atoms with Crippen molar-refractivity contribution in [3.8, 4) is 0 Å². The van der Waals surface area contributed by atoms with Crippen LogP contribution >= 0.6 is 0 Å². The van der Waals surface area contributed by atoms with Crippen molar-refractivity contribution >= 4 is 0 Å². The van der Waals surface area contributed by atoms with Crippen LogP contribution in [0.2, 0.25) is 3.63 Å². The van der Waals surface area contributed by atoms with Crippen molar-refractivity contribution in [2.75, 3.05) is 0 Å². The average Bonchev–Trinajstić information content (AvgIpc) is 2.66. The third-order valence-electron chi connectivity index (χ3n) is 6.86. The molecule has 0 atom stereocenters. The molecule has 0 heterocycles. The van der Waals surface area contributed by atoms with Gasteiger partial charge in [-0.1, -0.05) is 0 Å². The molecule has 0 fully saturated rings. The Labute approximate surface area is 164 Å². The van der Waals surface area contributed by atoms with Crippen LogP contribution in [0.1, 0.15) is 69.2 Å². The number of hydrogen-bond acceptors (Lipinski definition) is 0. The number of allylic oxidation sites excluding steroid dienone is 8. The summed E-state index contributed by atoms with van der Waals surface area (Å²) in [4.78, 5) is 0. The van der Waals surface area contributed by atoms with Gasteiger partial charge in [-0.2, -0.15) is 0 Å². The minimum atomic E-state index is 0. The van der Waals surface area contributed by atoms with Crippen molar-refractivity contribution in [3.63, 3.8) is 0 Å². The van der Waals surface area contributed by atoms with Crippen molar-refractivity contribution in [2.24, 2.45) is 10.8 Å². The van der Waals surface area contributed by atoms with Gasteiger partial charge in [0.25, 0.3) is 0 Å². The largest absolute Gasteiger partial charge is 1.00 e. The molecule has 2 rings (SSSR count). The van der Waals surface area contributed by atoms with Gasteiger partial charge in [-0.05, 0) is 0 Å². The molecule has 0 aliphatic heterocycles. The molecule has 2 aliphatic rings. The average molecular weight is 410 g/mol. The minimum Gasteiger partial charge on any atom is -1.00 e. The third-order valence-corrected chi connectivity index (χ3v) is 8.28. The first-order valence-corrected chi connectivity index (χ1v) is 9.79. The zero-order valence-electron chi connectivity index (χ0n) is 16.5. The molecule has 0 aromatic rings. The first kappa shape index (κ1) is 21.2. The van der Waals surface area contributed by atoms with E-state index in [2.05, 4.69) is 69.2 Å². The van der Waals surface area contributed by atoms with E-state index in [1.807, 2.05) is 0 Å². The summed E-state index contributed by atoms with van der Waals surface area (Å²) in [5.41, 5.74) is 13.0. The number of halogens is 1. The predicted octanol–water partition coefficient (Wildman–Crippen LogP) is 3.71. The fraction of sp³-hybridized carbons (Fsp3) is 0.619. The van der Waals surface area contributed by atoms with E-state index in [0.29, 0.717) is 3.63 Å². The Balaban J connectivity index is 0.00000264. The maximum atomic E-state index is 2.42. The molecule has 0 radical (unpaired) electrons. The van der Waals surface area contributed by atoms with Crippen LogP contribution in [0.4, 0.5) is 0 Å². The van der Waals surface area contributed by atoms with Gasteiger partial charge in [-0.15, -0.1) is 0 Å². The van der Waals surface area contributed by atoms with Gasteiger partial charge >= 0.3 is 153 Å². The fourth-order valence-corrected chi connectivity index (χ4v) is 7.38. The van der Waals surface area contributed by atoms with Crippen molar-refractivity contribution in [1.29, 1.82) is 0 Å². The van der Waals surface area contributed by atoms with Crippen molar-refractivity contribution in [3.05, 3.63) is 44.6 Å². The first-order valence-electron chi connectivity index (χ1n) is 8.37. The summed E-state index contributed by atoms with van der Waals surface area (Å²) in [6.45, 7) is 23.6. The molecule has 0 aromatic heterocycles. The van der Waals surface area contributed by atoms with E-state index < -0.39 is 0 Å². The van der Waals surface area contributed by atoms with Gasteiger partial charge in [0.05, 0.1) is 0 Å². The van der Waals surface area contributed by atoms with Crippen LogP contribution < -0.4 is 12.4 Å². The van der Waals surface area contributed by atoms with Gasteiger partial charge in [0.1, 0.15) is 0 Å². The molecule has 126 valence electrons. The number of hydrogen-bond donors (Lipinski definition) is 0. The van der Waals surface area contributed by atoms with E-state index in [1.165, 1.54) is 11.1 Å². The summed E-state index contributed by atoms with van der Waals surface area (Å²) in [6, 6.07) is 0. The van der Waals surface area contributed by atoms with Crippen LogP contribution in [0.15, 0.2) is 44.6 Å². The maximum absolute atomic E-state index is 2.42. The first-order chi connectivity index (χ1) is 9.86. The number of rotatable bonds is 2. The fourth-order valence-electron chi connectivity index (χ4n) is 4.54. The van der Waals surface area contributed by atoms with Crippen molar-refractivity contribution < 1.29 is 37.1 Å². The molecule has 0 saturated carbocycles. The topological polar surface area (TPSA) is 0 Å². The van der Waals surface area contributed by atoms with E-state index in [1.54, 1.807) is 58.2 Å². The summed E-state index contributed by atoms with van der Waals surface area (Å²) in [5.74, 6) is 0. The van der Waals surface area contributed by atoms with Crippen LogP contribution in [0.25, 0.3) is 0 Å². The molecule has 23 heavy (non-hydrogen) atoms. The third kappa shape index (κ3) is 2.85. The molecule has 0 unspecified atom stereocenters. The summed E-state index contributed by atoms with van der Waals surface area (Å²) < 4.78 is 0.594. The zero-order chi connectivity index (χ0) is 17.2. The predicted molar refractivity (Wildman–Crippen MR) is 93.5 cm³/mol. The Morgan fingerprint density at radius 2 is 0.870 bits per heavy atom. The van der Waals surface area contributed by atoms with E-state index in [9.17, 15) is 0 Å². The van der Waals surface area contributed by atoms with Crippen LogP contribution in [0.3, 0.4) is 0 Å². The van der Waals surface area contributed by atoms with Gasteiger partial charge in [-0.25, -0.2) is 0 Å². The van der Waals surface area contributed by atoms with Gasteiger partial charge in [0, 0.05) is 0 Å². The molecule has 0 spiro atoms. The Morgan fingerprint density at radius 3 is 1.04 bits per heavy atom. The van der Waals surface area contributed by atoms with Gasteiger partial charge in [0.2, 0.25) is 0 Å². The SMILES string of the molecule is CC1=C(C)C(C)(C)C([CH]([Zr+])C2=C(C)C(C)=C(C)C2(C)C)=C1C.[Cl-]. The summed E-state index contributed by atoms with van der Waals surface area (Å²) in [6.07, 6.45) is 0. The van der Waals surface area contributed by atoms with Gasteiger partial charge in [-0.3, -0.25) is 0 Å². The van der Waals surface area contributed by atoms with E-state index in [4.69, 9.17) is 0 Å². The maximum Gasteiger partial charge on any atom is -1.00 e. The van der Waals surface area contributed by atoms with E-state index in [0.717, 1.165) is 0 Å². The van der Waals surface area contributed by atoms with Crippen molar-refractivity contribution in [2.45, 2.75) is 72.9 Å². The second-order valence-electron chi connectivity index (χ2n) is 8.26. The quantitative estimate of drug-likeness (QED) is 0.652. The molecular weight excluding hydrogens is 379 g/mol. The molecule has 2 heteroatoms. The van der Waals surface area contributed by atoms with Gasteiger partial charge < -0.3 is 12.4 Å².